The number of fused-ring (bicyclic) bond motifs is 4. The van der Waals surface area contributed by atoms with Gasteiger partial charge in [-0.2, -0.15) is 0 Å². The number of carbonyl (C=O) groups excluding carboxylic acids is 2. The molecular weight excluding hydrogens is 544 g/mol. The summed E-state index contributed by atoms with van der Waals surface area (Å²) in [4.78, 5) is 27.0. The quantitative estimate of drug-likeness (QED) is 0.246. The molecule has 3 fully saturated rings. The van der Waals surface area contributed by atoms with Crippen LogP contribution in [0.5, 0.6) is 0 Å². The Morgan fingerprint density at radius 3 is 2.35 bits per heavy atom. The minimum Gasteiger partial charge on any atom is -0.433 e. The molecule has 1 aliphatic heterocycles. The molecule has 0 bridgehead atoms. The monoisotopic (exact) mass is 600 g/mol. The predicted octanol–water partition coefficient (Wildman–Crippen LogP) is 5.90. The summed E-state index contributed by atoms with van der Waals surface area (Å²) in [5.41, 5.74) is 3.89. The number of carbonyl (C=O) groups is 2. The summed E-state index contributed by atoms with van der Waals surface area (Å²) in [6.45, 7) is 19.9. The summed E-state index contributed by atoms with van der Waals surface area (Å²) in [7, 11) is 0. The van der Waals surface area contributed by atoms with E-state index in [1.165, 1.54) is 0 Å². The first-order valence-corrected chi connectivity index (χ1v) is 16.8. The maximum Gasteiger partial charge on any atom is 0.311 e. The van der Waals surface area contributed by atoms with Crippen LogP contribution >= 0.6 is 0 Å². The zero-order chi connectivity index (χ0) is 31.7. The number of aliphatic hydroxyl groups excluding tert-OH is 3. The van der Waals surface area contributed by atoms with E-state index in [1.54, 1.807) is 11.1 Å². The number of rotatable bonds is 7. The second kappa shape index (κ2) is 11.4. The number of hydrogen-bond acceptors (Lipinski definition) is 7. The van der Waals surface area contributed by atoms with Crippen LogP contribution in [-0.2, 0) is 19.1 Å². The van der Waals surface area contributed by atoms with Gasteiger partial charge in [-0.15, -0.1) is 0 Å². The zero-order valence-electron chi connectivity index (χ0n) is 27.6. The second-order valence-electron chi connectivity index (χ2n) is 16.2. The van der Waals surface area contributed by atoms with Gasteiger partial charge in [0.2, 0.25) is 6.29 Å². The topological polar surface area (TPSA) is 113 Å². The minimum atomic E-state index is -1.51. The number of allylic oxidation sites excluding steroid dienone is 3. The van der Waals surface area contributed by atoms with E-state index in [4.69, 9.17) is 9.47 Å². The molecule has 7 nitrogen and oxygen atoms in total. The Hall–Kier alpha value is -1.54. The van der Waals surface area contributed by atoms with Crippen LogP contribution < -0.4 is 0 Å². The number of hydrogen-bond donors (Lipinski definition) is 3. The molecule has 5 aliphatic rings. The molecule has 242 valence electrons. The van der Waals surface area contributed by atoms with Gasteiger partial charge in [-0.25, -0.2) is 0 Å². The third kappa shape index (κ3) is 5.09. The Kier molecular flexibility index (Phi) is 8.68. The van der Waals surface area contributed by atoms with Crippen molar-refractivity contribution in [3.8, 4) is 0 Å². The fraction of sp³-hybridized carbons (Fsp3) is 0.833. The first-order valence-electron chi connectivity index (χ1n) is 16.8. The fourth-order valence-electron chi connectivity index (χ4n) is 10.4. The predicted molar refractivity (Wildman–Crippen MR) is 165 cm³/mol. The number of esters is 1. The summed E-state index contributed by atoms with van der Waals surface area (Å²) in [6.07, 6.45) is 3.43. The number of ether oxygens (including phenoxy) is 2. The average molecular weight is 601 g/mol. The van der Waals surface area contributed by atoms with Crippen molar-refractivity contribution < 1.29 is 34.4 Å². The van der Waals surface area contributed by atoms with Gasteiger partial charge in [-0.05, 0) is 91.8 Å². The van der Waals surface area contributed by atoms with Crippen molar-refractivity contribution >= 4 is 11.8 Å². The largest absolute Gasteiger partial charge is 0.433 e. The van der Waals surface area contributed by atoms with Crippen molar-refractivity contribution in [1.29, 1.82) is 0 Å². The van der Waals surface area contributed by atoms with Crippen LogP contribution in [0.3, 0.4) is 0 Å². The van der Waals surface area contributed by atoms with Crippen molar-refractivity contribution in [2.24, 2.45) is 45.3 Å². The molecule has 0 aromatic carbocycles. The van der Waals surface area contributed by atoms with Gasteiger partial charge in [0.05, 0.1) is 12.5 Å². The molecule has 4 aliphatic carbocycles. The molecule has 7 heteroatoms. The van der Waals surface area contributed by atoms with Gasteiger partial charge in [0.1, 0.15) is 24.1 Å². The van der Waals surface area contributed by atoms with Gasteiger partial charge in [0, 0.05) is 11.8 Å². The lowest BCUT2D eigenvalue weighted by molar-refractivity contribution is -0.265. The molecule has 5 rings (SSSR count). The van der Waals surface area contributed by atoms with Gasteiger partial charge in [0.25, 0.3) is 0 Å². The molecule has 1 saturated heterocycles. The van der Waals surface area contributed by atoms with E-state index in [1.807, 2.05) is 0 Å². The van der Waals surface area contributed by atoms with Crippen molar-refractivity contribution in [1.82, 2.24) is 0 Å². The van der Waals surface area contributed by atoms with Gasteiger partial charge in [0.15, 0.2) is 0 Å². The molecule has 3 N–H and O–H groups in total. The summed E-state index contributed by atoms with van der Waals surface area (Å²) in [5.74, 6) is 0.373. The second-order valence-corrected chi connectivity index (χ2v) is 16.2. The SMILES string of the molecule is C=C(CC[C@@H](C(=O)O[C@@H]1OC[C@@H](O)[C@H](O)[C@H]1O)[C@H]1CC[C@@]2(C)C3=C(CC[C@]12C)[C@@]1(C)CCC(=O)C(C)(C)[C@@H]1CC3)C(C)C. The Morgan fingerprint density at radius 1 is 0.977 bits per heavy atom. The molecule has 0 spiro atoms. The number of Topliss-reactive ketones (excluding diaryl/α,β-unsaturated/α-hetero) is 1. The fourth-order valence-corrected chi connectivity index (χ4v) is 10.4. The van der Waals surface area contributed by atoms with Crippen LogP contribution in [0.25, 0.3) is 0 Å². The smallest absolute Gasteiger partial charge is 0.311 e. The highest BCUT2D eigenvalue weighted by molar-refractivity contribution is 5.85. The summed E-state index contributed by atoms with van der Waals surface area (Å²) >= 11 is 0. The molecule has 1 heterocycles. The Morgan fingerprint density at radius 2 is 1.67 bits per heavy atom. The Labute approximate surface area is 258 Å². The molecule has 0 radical (unpaired) electrons. The highest BCUT2D eigenvalue weighted by Gasteiger charge is 2.64. The maximum atomic E-state index is 14.0. The van der Waals surface area contributed by atoms with Crippen molar-refractivity contribution in [2.45, 2.75) is 137 Å². The van der Waals surface area contributed by atoms with Gasteiger partial charge in [-0.3, -0.25) is 9.59 Å². The zero-order valence-corrected chi connectivity index (χ0v) is 27.6. The lowest BCUT2D eigenvalue weighted by Gasteiger charge is -2.60. The van der Waals surface area contributed by atoms with Crippen LogP contribution in [0, 0.1) is 45.3 Å². The third-order valence-corrected chi connectivity index (χ3v) is 13.6. The van der Waals surface area contributed by atoms with E-state index in [0.717, 1.165) is 50.5 Å². The lowest BCUT2D eigenvalue weighted by Crippen LogP contribution is -2.55. The van der Waals surface area contributed by atoms with E-state index in [9.17, 15) is 24.9 Å². The molecule has 0 unspecified atom stereocenters. The molecule has 43 heavy (non-hydrogen) atoms. The molecule has 0 aromatic rings. The summed E-state index contributed by atoms with van der Waals surface area (Å²) in [5, 5.41) is 30.6. The molecule has 0 amide bonds. The Balaban J connectivity index is 1.45. The first kappa shape index (κ1) is 32.8. The van der Waals surface area contributed by atoms with Crippen molar-refractivity contribution in [2.75, 3.05) is 6.61 Å². The van der Waals surface area contributed by atoms with E-state index >= 15 is 0 Å². The molecular formula is C36H56O7. The highest BCUT2D eigenvalue weighted by Crippen LogP contribution is 2.72. The number of ketones is 1. The average Bonchev–Trinajstić information content (AvgIpc) is 3.22. The molecule has 10 atom stereocenters. The lowest BCUT2D eigenvalue weighted by atomic mass is 9.43. The minimum absolute atomic E-state index is 0.0421. The van der Waals surface area contributed by atoms with E-state index in [-0.39, 0.29) is 34.2 Å². The van der Waals surface area contributed by atoms with Crippen molar-refractivity contribution in [3.05, 3.63) is 23.3 Å². The Bertz CT molecular complexity index is 1170. The van der Waals surface area contributed by atoms with E-state index in [2.05, 4.69) is 55.0 Å². The van der Waals surface area contributed by atoms with Crippen LogP contribution in [-0.4, -0.2) is 58.3 Å². The van der Waals surface area contributed by atoms with Gasteiger partial charge >= 0.3 is 5.97 Å². The third-order valence-electron chi connectivity index (χ3n) is 13.6. The number of aliphatic hydroxyl groups is 3. The first-order chi connectivity index (χ1) is 20.0. The van der Waals surface area contributed by atoms with Crippen LogP contribution in [0.15, 0.2) is 23.3 Å². The molecule has 0 aromatic heterocycles. The van der Waals surface area contributed by atoms with Crippen LogP contribution in [0.1, 0.15) is 113 Å². The van der Waals surface area contributed by atoms with Crippen LogP contribution in [0.4, 0.5) is 0 Å². The maximum absolute atomic E-state index is 14.0. The van der Waals surface area contributed by atoms with Crippen molar-refractivity contribution in [3.63, 3.8) is 0 Å². The standard InChI is InChI=1S/C36H56O7/c1-20(2)21(3)9-10-22(31(41)43-32-30(40)29(39)26(37)19-42-32)23-13-17-36(8)25-11-12-27-33(4,5)28(38)15-16-34(27,6)24(25)14-18-35(23,36)7/h20,22-23,26-27,29-30,32,37,39-40H,3,9-19H2,1-2,4-8H3/t22-,23-,26-,27+,29+,30-,32+,34-,35-,36+/m1/s1. The highest BCUT2D eigenvalue weighted by atomic mass is 16.7. The molecule has 2 saturated carbocycles. The summed E-state index contributed by atoms with van der Waals surface area (Å²) < 4.78 is 11.3. The van der Waals surface area contributed by atoms with Crippen LogP contribution in [0.2, 0.25) is 0 Å². The van der Waals surface area contributed by atoms with E-state index < -0.39 is 36.5 Å². The van der Waals surface area contributed by atoms with Gasteiger partial charge < -0.3 is 24.8 Å². The van der Waals surface area contributed by atoms with Gasteiger partial charge in [-0.1, -0.05) is 71.8 Å². The summed E-state index contributed by atoms with van der Waals surface area (Å²) in [6, 6.07) is 0. The van der Waals surface area contributed by atoms with E-state index in [0.29, 0.717) is 36.9 Å². The normalized spacial score (nSPS) is 43.1.